The van der Waals surface area contributed by atoms with E-state index in [9.17, 15) is 24.0 Å². The Bertz CT molecular complexity index is 1470. The number of nitrogens with zero attached hydrogens (tertiary/aromatic N) is 3. The van der Waals surface area contributed by atoms with Gasteiger partial charge in [-0.05, 0) is 37.5 Å². The number of aromatic nitrogens is 1. The lowest BCUT2D eigenvalue weighted by Gasteiger charge is -2.49. The molecular formula is C29H41N5O9S2Si. The molecule has 0 bridgehead atoms. The van der Waals surface area contributed by atoms with E-state index in [0.29, 0.717) is 5.57 Å². The molecule has 0 unspecified atom stereocenters. The Kier molecular flexibility index (Phi) is 11.5. The number of hydrogen-bond donors (Lipinski definition) is 2. The molecule has 0 radical (unpaired) electrons. The number of rotatable bonds is 11. The van der Waals surface area contributed by atoms with Crippen LogP contribution in [-0.4, -0.2) is 90.7 Å². The van der Waals surface area contributed by atoms with Gasteiger partial charge in [0.25, 0.3) is 17.4 Å². The van der Waals surface area contributed by atoms with E-state index in [0.717, 1.165) is 11.3 Å². The van der Waals surface area contributed by atoms with Crippen molar-refractivity contribution in [3.8, 4) is 0 Å². The van der Waals surface area contributed by atoms with Crippen molar-refractivity contribution in [1.82, 2.24) is 15.2 Å². The molecule has 2 aliphatic heterocycles. The molecule has 252 valence electrons. The van der Waals surface area contributed by atoms with Crippen molar-refractivity contribution in [2.24, 2.45) is 10.6 Å². The van der Waals surface area contributed by atoms with Gasteiger partial charge in [0.1, 0.15) is 36.5 Å². The quantitative estimate of drug-likeness (QED) is 0.0856. The van der Waals surface area contributed by atoms with Crippen molar-refractivity contribution in [3.05, 3.63) is 34.5 Å². The Morgan fingerprint density at radius 2 is 1.83 bits per heavy atom. The molecule has 14 nitrogen and oxygen atoms in total. The maximum absolute atomic E-state index is 13.4. The van der Waals surface area contributed by atoms with Crippen LogP contribution < -0.4 is 11.1 Å². The second kappa shape index (κ2) is 14.4. The van der Waals surface area contributed by atoms with Gasteiger partial charge in [0.15, 0.2) is 18.9 Å². The summed E-state index contributed by atoms with van der Waals surface area (Å²) in [6, 6.07) is -1.01. The van der Waals surface area contributed by atoms with Gasteiger partial charge in [-0.15, -0.1) is 23.1 Å². The van der Waals surface area contributed by atoms with Gasteiger partial charge in [-0.2, -0.15) is 0 Å². The number of nitrogen functional groups attached to an aromatic ring is 1. The average Bonchev–Trinajstić information content (AvgIpc) is 3.40. The number of thioether (sulfide) groups is 1. The zero-order valence-electron chi connectivity index (χ0n) is 27.4. The van der Waals surface area contributed by atoms with Crippen LogP contribution in [0.5, 0.6) is 0 Å². The van der Waals surface area contributed by atoms with Crippen LogP contribution in [0.4, 0.5) is 9.93 Å². The highest BCUT2D eigenvalue weighted by Gasteiger charge is 2.54. The van der Waals surface area contributed by atoms with E-state index in [1.165, 1.54) is 29.2 Å². The second-order valence-electron chi connectivity index (χ2n) is 13.0. The first-order chi connectivity index (χ1) is 21.3. The first-order valence-corrected chi connectivity index (χ1v) is 19.2. The maximum Gasteiger partial charge on any atom is 0.358 e. The van der Waals surface area contributed by atoms with Gasteiger partial charge in [0.05, 0.1) is 5.41 Å². The van der Waals surface area contributed by atoms with Gasteiger partial charge < -0.3 is 30.1 Å². The molecule has 1 aromatic rings. The summed E-state index contributed by atoms with van der Waals surface area (Å²) in [4.78, 5) is 74.9. The number of hydrogen-bond acceptors (Lipinski definition) is 14. The summed E-state index contributed by atoms with van der Waals surface area (Å²) < 4.78 is 15.9. The predicted molar refractivity (Wildman–Crippen MR) is 176 cm³/mol. The van der Waals surface area contributed by atoms with Gasteiger partial charge in [-0.3, -0.25) is 24.1 Å². The molecule has 3 N–H and O–H groups in total. The highest BCUT2D eigenvalue weighted by molar-refractivity contribution is 8.00. The van der Waals surface area contributed by atoms with E-state index in [1.807, 2.05) is 33.9 Å². The third kappa shape index (κ3) is 8.17. The zero-order valence-corrected chi connectivity index (χ0v) is 30.1. The van der Waals surface area contributed by atoms with Crippen LogP contribution in [-0.2, 0) is 38.2 Å². The molecule has 0 saturated carbocycles. The first-order valence-electron chi connectivity index (χ1n) is 14.3. The summed E-state index contributed by atoms with van der Waals surface area (Å²) in [5.41, 5.74) is 4.99. The molecule has 1 fully saturated rings. The lowest BCUT2D eigenvalue weighted by atomic mass is 9.98. The van der Waals surface area contributed by atoms with Crippen LogP contribution in [0.15, 0.2) is 34.0 Å². The number of carbonyl (C=O) groups is 5. The molecule has 0 spiro atoms. The number of anilines is 1. The molecule has 3 rings (SSSR count). The largest absolute Gasteiger partial charge is 0.466 e. The zero-order chi connectivity index (χ0) is 34.6. The van der Waals surface area contributed by atoms with Crippen LogP contribution in [0.1, 0.15) is 47.2 Å². The monoisotopic (exact) mass is 695 g/mol. The number of β-lactam (4-membered cyclic amide) rings is 1. The molecule has 46 heavy (non-hydrogen) atoms. The van der Waals surface area contributed by atoms with Crippen molar-refractivity contribution in [2.75, 3.05) is 32.0 Å². The summed E-state index contributed by atoms with van der Waals surface area (Å²) in [6.45, 7) is 14.2. The fraction of sp³-hybridized carbons (Fsp3) is 0.552. The van der Waals surface area contributed by atoms with Crippen molar-refractivity contribution in [1.29, 1.82) is 0 Å². The van der Waals surface area contributed by atoms with E-state index in [2.05, 4.69) is 15.5 Å². The van der Waals surface area contributed by atoms with Gasteiger partial charge >= 0.3 is 11.9 Å². The third-order valence-corrected chi connectivity index (χ3v) is 14.5. The molecule has 3 heterocycles. The highest BCUT2D eigenvalue weighted by atomic mass is 32.2. The number of oxime groups is 1. The lowest BCUT2D eigenvalue weighted by Crippen LogP contribution is -2.71. The van der Waals surface area contributed by atoms with Crippen LogP contribution >= 0.6 is 23.1 Å². The number of ether oxygens (including phenoxy) is 3. The Morgan fingerprint density at radius 3 is 2.39 bits per heavy atom. The standard InChI is InChI=1S/C29H41N5O9S2Si/c1-28(2,3)25(38)43-15-42-24(37)20-16(11-10-12-41-27(39)46(8,9)29(4,5)6)13-44-23-19(22(36)34(20)23)32-21(35)18(33-40-7)17-14-45-26(30)31-17/h10-11,14,19,23H,12-13,15H2,1-9H3,(H2,30,31)(H,32,35)/b11-10-,33-18-/t19-,23-/m1/s1. The summed E-state index contributed by atoms with van der Waals surface area (Å²) in [5, 5.41) is 7.28. The van der Waals surface area contributed by atoms with E-state index in [4.69, 9.17) is 24.8 Å². The van der Waals surface area contributed by atoms with Crippen LogP contribution in [0, 0.1) is 5.41 Å². The number of thiazole rings is 1. The average molecular weight is 696 g/mol. The number of nitrogens with two attached hydrogens (primary N) is 1. The molecule has 2 amide bonds. The summed E-state index contributed by atoms with van der Waals surface area (Å²) in [5.74, 6) is -2.52. The summed E-state index contributed by atoms with van der Waals surface area (Å²) >= 11 is 2.42. The van der Waals surface area contributed by atoms with Crippen LogP contribution in [0.3, 0.4) is 0 Å². The second-order valence-corrected chi connectivity index (χ2v) is 20.2. The van der Waals surface area contributed by atoms with Crippen LogP contribution in [0.2, 0.25) is 18.1 Å². The fourth-order valence-corrected chi connectivity index (χ4v) is 6.81. The Balaban J connectivity index is 1.81. The highest BCUT2D eigenvalue weighted by Crippen LogP contribution is 2.41. The topological polar surface area (TPSA) is 189 Å². The Hall–Kier alpha value is -3.70. The van der Waals surface area contributed by atoms with E-state index >= 15 is 0 Å². The summed E-state index contributed by atoms with van der Waals surface area (Å²) in [6.07, 6.45) is 3.18. The number of amides is 2. The number of carbonyl (C=O) groups excluding carboxylic acids is 5. The van der Waals surface area contributed by atoms with Gasteiger partial charge in [-0.1, -0.05) is 45.1 Å². The Morgan fingerprint density at radius 1 is 1.15 bits per heavy atom. The molecule has 17 heteroatoms. The normalized spacial score (nSPS) is 18.9. The Labute approximate surface area is 277 Å². The van der Waals surface area contributed by atoms with Crippen molar-refractivity contribution < 1.29 is 43.0 Å². The SMILES string of the molecule is CO/N=C(\C(=O)N[C@@H]1C(=O)N2C(C(=O)OCOC(=O)C(C)(C)C)=C(/C=C\COC(=O)[Si](C)(C)C(C)(C)C)CS[C@H]12)c1csc(N)n1. The molecule has 2 aliphatic rings. The fourth-order valence-electron chi connectivity index (χ4n) is 3.88. The smallest absolute Gasteiger partial charge is 0.358 e. The van der Waals surface area contributed by atoms with E-state index in [-0.39, 0.29) is 45.2 Å². The summed E-state index contributed by atoms with van der Waals surface area (Å²) in [7, 11) is -1.12. The maximum atomic E-state index is 13.4. The molecule has 2 atom stereocenters. The minimum absolute atomic E-state index is 0.0379. The van der Waals surface area contributed by atoms with Crippen molar-refractivity contribution >= 4 is 71.4 Å². The molecular weight excluding hydrogens is 655 g/mol. The molecule has 1 aromatic heterocycles. The predicted octanol–water partition coefficient (Wildman–Crippen LogP) is 3.60. The van der Waals surface area contributed by atoms with Gasteiger partial charge in [0.2, 0.25) is 6.79 Å². The number of esters is 2. The van der Waals surface area contributed by atoms with Crippen LogP contribution in [0.25, 0.3) is 0 Å². The van der Waals surface area contributed by atoms with E-state index < -0.39 is 55.5 Å². The van der Waals surface area contributed by atoms with Gasteiger partial charge in [-0.25, -0.2) is 9.78 Å². The first kappa shape index (κ1) is 36.8. The minimum atomic E-state index is -2.38. The number of nitrogens with one attached hydrogen (secondary N) is 1. The third-order valence-electron chi connectivity index (χ3n) is 7.65. The van der Waals surface area contributed by atoms with Gasteiger partial charge in [0, 0.05) is 11.1 Å². The number of fused-ring (bicyclic) bond motifs is 1. The molecule has 0 aromatic carbocycles. The lowest BCUT2D eigenvalue weighted by molar-refractivity contribution is -0.173. The molecule has 0 aliphatic carbocycles. The van der Waals surface area contributed by atoms with E-state index in [1.54, 1.807) is 32.9 Å². The molecule has 1 saturated heterocycles. The number of allylic oxidation sites excluding steroid dienone is 1. The van der Waals surface area contributed by atoms with Crippen molar-refractivity contribution in [2.45, 2.75) is 71.1 Å². The van der Waals surface area contributed by atoms with Crippen molar-refractivity contribution in [3.63, 3.8) is 0 Å². The minimum Gasteiger partial charge on any atom is -0.466 e.